The molecule has 22 heavy (non-hydrogen) atoms. The summed E-state index contributed by atoms with van der Waals surface area (Å²) in [6.07, 6.45) is 1.97. The molecule has 0 aromatic heterocycles. The molecule has 0 unspecified atom stereocenters. The van der Waals surface area contributed by atoms with Gasteiger partial charge in [-0.05, 0) is 48.4 Å². The van der Waals surface area contributed by atoms with Crippen molar-refractivity contribution in [2.45, 2.75) is 24.2 Å². The number of aryl methyl sites for hydroxylation is 1. The van der Waals surface area contributed by atoms with Crippen LogP contribution < -0.4 is 4.90 Å². The van der Waals surface area contributed by atoms with Crippen LogP contribution in [0, 0.1) is 5.82 Å². The lowest BCUT2D eigenvalue weighted by molar-refractivity contribution is -0.118. The molecule has 1 heterocycles. The van der Waals surface area contributed by atoms with Gasteiger partial charge in [0.05, 0.1) is 5.69 Å². The number of hydrogen-bond acceptors (Lipinski definition) is 2. The molecular weight excluding hydrogens is 297 g/mol. The highest BCUT2D eigenvalue weighted by molar-refractivity contribution is 7.99. The third kappa shape index (κ3) is 3.50. The summed E-state index contributed by atoms with van der Waals surface area (Å²) in [4.78, 5) is 15.6. The van der Waals surface area contributed by atoms with Gasteiger partial charge in [-0.25, -0.2) is 4.39 Å². The van der Waals surface area contributed by atoms with Gasteiger partial charge in [0.2, 0.25) is 5.91 Å². The summed E-state index contributed by atoms with van der Waals surface area (Å²) in [5.74, 6) is 0.894. The second-order valence-electron chi connectivity index (χ2n) is 5.35. The first-order valence-corrected chi connectivity index (χ1v) is 8.49. The molecule has 0 radical (unpaired) electrons. The zero-order chi connectivity index (χ0) is 15.4. The predicted octanol–water partition coefficient (Wildman–Crippen LogP) is 4.29. The summed E-state index contributed by atoms with van der Waals surface area (Å²) in [6, 6.07) is 14.5. The smallest absolute Gasteiger partial charge is 0.227 e. The molecule has 0 saturated heterocycles. The van der Waals surface area contributed by atoms with E-state index in [0.29, 0.717) is 12.8 Å². The van der Waals surface area contributed by atoms with Gasteiger partial charge in [-0.1, -0.05) is 24.3 Å². The maximum atomic E-state index is 13.2. The largest absolute Gasteiger partial charge is 0.311 e. The lowest BCUT2D eigenvalue weighted by Crippen LogP contribution is -2.32. The summed E-state index contributed by atoms with van der Waals surface area (Å²) in [5, 5.41) is 0. The van der Waals surface area contributed by atoms with Gasteiger partial charge in [0.1, 0.15) is 5.82 Å². The Morgan fingerprint density at radius 1 is 1.18 bits per heavy atom. The van der Waals surface area contributed by atoms with Crippen LogP contribution in [0.3, 0.4) is 0 Å². The second-order valence-corrected chi connectivity index (χ2v) is 6.48. The van der Waals surface area contributed by atoms with Crippen LogP contribution in [0.4, 0.5) is 10.1 Å². The SMILES string of the molecule is O=C(CCc1cccc(F)c1)N1CCCSc2ccccc21. The Bertz CT molecular complexity index is 674. The van der Waals surface area contributed by atoms with Crippen LogP contribution in [-0.2, 0) is 11.2 Å². The number of benzene rings is 2. The first-order valence-electron chi connectivity index (χ1n) is 7.51. The first-order chi connectivity index (χ1) is 10.7. The molecule has 0 aliphatic carbocycles. The molecule has 1 amide bonds. The van der Waals surface area contributed by atoms with E-state index in [1.165, 1.54) is 17.0 Å². The van der Waals surface area contributed by atoms with Crippen molar-refractivity contribution in [1.29, 1.82) is 0 Å². The number of amides is 1. The highest BCUT2D eigenvalue weighted by Crippen LogP contribution is 2.33. The molecule has 0 spiro atoms. The molecule has 1 aliphatic heterocycles. The van der Waals surface area contributed by atoms with E-state index in [-0.39, 0.29) is 11.7 Å². The number of para-hydroxylation sites is 1. The van der Waals surface area contributed by atoms with Crippen LogP contribution >= 0.6 is 11.8 Å². The average Bonchev–Trinajstić information content (AvgIpc) is 2.75. The molecule has 1 aliphatic rings. The van der Waals surface area contributed by atoms with Gasteiger partial charge in [-0.2, -0.15) is 0 Å². The predicted molar refractivity (Wildman–Crippen MR) is 88.9 cm³/mol. The molecule has 3 rings (SSSR count). The van der Waals surface area contributed by atoms with Gasteiger partial charge >= 0.3 is 0 Å². The van der Waals surface area contributed by atoms with Crippen LogP contribution in [-0.4, -0.2) is 18.2 Å². The molecule has 0 bridgehead atoms. The number of thioether (sulfide) groups is 1. The summed E-state index contributed by atoms with van der Waals surface area (Å²) in [7, 11) is 0. The Labute approximate surface area is 134 Å². The standard InChI is InChI=1S/C18H18FNOS/c19-15-6-3-5-14(13-15)9-10-18(21)20-11-4-12-22-17-8-2-1-7-16(17)20/h1-3,5-8,13H,4,9-12H2. The van der Waals surface area contributed by atoms with Crippen LogP contribution in [0.15, 0.2) is 53.4 Å². The van der Waals surface area contributed by atoms with Gasteiger partial charge in [-0.15, -0.1) is 11.8 Å². The Morgan fingerprint density at radius 3 is 2.91 bits per heavy atom. The number of fused-ring (bicyclic) bond motifs is 1. The maximum Gasteiger partial charge on any atom is 0.227 e. The van der Waals surface area contributed by atoms with E-state index in [2.05, 4.69) is 6.07 Å². The van der Waals surface area contributed by atoms with E-state index in [0.717, 1.165) is 30.0 Å². The van der Waals surface area contributed by atoms with Crippen LogP contribution in [0.25, 0.3) is 0 Å². The Balaban J connectivity index is 1.72. The minimum atomic E-state index is -0.249. The molecular formula is C18H18FNOS. The molecule has 2 aromatic carbocycles. The topological polar surface area (TPSA) is 20.3 Å². The minimum absolute atomic E-state index is 0.110. The molecule has 0 atom stereocenters. The fraction of sp³-hybridized carbons (Fsp3) is 0.278. The fourth-order valence-corrected chi connectivity index (χ4v) is 3.66. The molecule has 0 N–H and O–H groups in total. The summed E-state index contributed by atoms with van der Waals surface area (Å²) < 4.78 is 13.2. The van der Waals surface area contributed by atoms with Gasteiger partial charge in [0.15, 0.2) is 0 Å². The van der Waals surface area contributed by atoms with Gasteiger partial charge in [-0.3, -0.25) is 4.79 Å². The maximum absolute atomic E-state index is 13.2. The van der Waals surface area contributed by atoms with E-state index >= 15 is 0 Å². The zero-order valence-electron chi connectivity index (χ0n) is 12.3. The first kappa shape index (κ1) is 15.1. The third-order valence-corrected chi connectivity index (χ3v) is 4.91. The highest BCUT2D eigenvalue weighted by atomic mass is 32.2. The van der Waals surface area contributed by atoms with E-state index < -0.39 is 0 Å². The van der Waals surface area contributed by atoms with Gasteiger partial charge in [0, 0.05) is 17.9 Å². The van der Waals surface area contributed by atoms with Crippen molar-refractivity contribution in [2.75, 3.05) is 17.2 Å². The quantitative estimate of drug-likeness (QED) is 0.842. The summed E-state index contributed by atoms with van der Waals surface area (Å²) in [6.45, 7) is 0.756. The van der Waals surface area contributed by atoms with E-state index in [4.69, 9.17) is 0 Å². The van der Waals surface area contributed by atoms with Crippen LogP contribution in [0.5, 0.6) is 0 Å². The summed E-state index contributed by atoms with van der Waals surface area (Å²) >= 11 is 1.80. The number of carbonyl (C=O) groups is 1. The molecule has 114 valence electrons. The number of rotatable bonds is 3. The minimum Gasteiger partial charge on any atom is -0.311 e. The molecule has 4 heteroatoms. The van der Waals surface area contributed by atoms with Gasteiger partial charge < -0.3 is 4.90 Å². The van der Waals surface area contributed by atoms with Crippen molar-refractivity contribution in [3.05, 3.63) is 59.9 Å². The van der Waals surface area contributed by atoms with E-state index in [1.54, 1.807) is 17.8 Å². The number of hydrogen-bond donors (Lipinski definition) is 0. The van der Waals surface area contributed by atoms with Crippen molar-refractivity contribution in [1.82, 2.24) is 0 Å². The molecule has 2 nitrogen and oxygen atoms in total. The lowest BCUT2D eigenvalue weighted by atomic mass is 10.1. The Kier molecular flexibility index (Phi) is 4.78. The second kappa shape index (κ2) is 6.97. The number of nitrogens with zero attached hydrogens (tertiary/aromatic N) is 1. The third-order valence-electron chi connectivity index (χ3n) is 3.76. The molecule has 0 fully saturated rings. The summed E-state index contributed by atoms with van der Waals surface area (Å²) in [5.41, 5.74) is 1.88. The van der Waals surface area contributed by atoms with Crippen molar-refractivity contribution in [3.63, 3.8) is 0 Å². The van der Waals surface area contributed by atoms with E-state index in [1.807, 2.05) is 29.2 Å². The average molecular weight is 315 g/mol. The lowest BCUT2D eigenvalue weighted by Gasteiger charge is -2.22. The Hall–Kier alpha value is -1.81. The van der Waals surface area contributed by atoms with Crippen molar-refractivity contribution in [2.24, 2.45) is 0 Å². The van der Waals surface area contributed by atoms with Crippen molar-refractivity contribution >= 4 is 23.4 Å². The Morgan fingerprint density at radius 2 is 2.05 bits per heavy atom. The number of anilines is 1. The van der Waals surface area contributed by atoms with Crippen molar-refractivity contribution < 1.29 is 9.18 Å². The fourth-order valence-electron chi connectivity index (χ4n) is 2.67. The number of halogens is 1. The zero-order valence-corrected chi connectivity index (χ0v) is 13.1. The number of carbonyl (C=O) groups excluding carboxylic acids is 1. The molecule has 0 saturated carbocycles. The highest BCUT2D eigenvalue weighted by Gasteiger charge is 2.20. The molecule has 2 aromatic rings. The van der Waals surface area contributed by atoms with Crippen LogP contribution in [0.1, 0.15) is 18.4 Å². The van der Waals surface area contributed by atoms with Crippen LogP contribution in [0.2, 0.25) is 0 Å². The van der Waals surface area contributed by atoms with E-state index in [9.17, 15) is 9.18 Å². The monoisotopic (exact) mass is 315 g/mol. The van der Waals surface area contributed by atoms with Gasteiger partial charge in [0.25, 0.3) is 0 Å². The normalized spacial score (nSPS) is 14.3. The van der Waals surface area contributed by atoms with Crippen molar-refractivity contribution in [3.8, 4) is 0 Å².